The van der Waals surface area contributed by atoms with E-state index >= 15 is 0 Å². The lowest BCUT2D eigenvalue weighted by atomic mass is 10.00. The molecular weight excluding hydrogens is 132 g/mol. The maximum absolute atomic E-state index is 10.7. The molecule has 0 amide bonds. The van der Waals surface area contributed by atoms with E-state index in [2.05, 4.69) is 4.74 Å². The van der Waals surface area contributed by atoms with Gasteiger partial charge in [0.05, 0.1) is 6.26 Å². The van der Waals surface area contributed by atoms with Crippen LogP contribution in [0.4, 0.5) is 0 Å². The second-order valence-electron chi connectivity index (χ2n) is 2.34. The highest BCUT2D eigenvalue weighted by molar-refractivity contribution is 6.02. The van der Waals surface area contributed by atoms with Gasteiger partial charge in [-0.15, -0.1) is 0 Å². The number of rotatable bonds is 1. The molecule has 0 spiro atoms. The Kier molecular flexibility index (Phi) is 1.57. The van der Waals surface area contributed by atoms with E-state index in [9.17, 15) is 9.59 Å². The molecule has 3 nitrogen and oxygen atoms in total. The minimum absolute atomic E-state index is 0.156. The van der Waals surface area contributed by atoms with Crippen molar-refractivity contribution in [3.63, 3.8) is 0 Å². The number of Topliss-reactive ketones (excluding diaryl/α,β-unsaturated/α-hetero) is 1. The molecule has 0 aromatic rings. The summed E-state index contributed by atoms with van der Waals surface area (Å²) in [4.78, 5) is 21.5. The fraction of sp³-hybridized carbons (Fsp3) is 0.429. The number of cyclic esters (lactones) is 1. The fourth-order valence-electron chi connectivity index (χ4n) is 0.960. The van der Waals surface area contributed by atoms with Gasteiger partial charge < -0.3 is 4.74 Å². The van der Waals surface area contributed by atoms with Crippen molar-refractivity contribution >= 4 is 11.8 Å². The van der Waals surface area contributed by atoms with Crippen molar-refractivity contribution in [2.45, 2.75) is 13.8 Å². The lowest BCUT2D eigenvalue weighted by molar-refractivity contribution is -0.142. The first-order chi connectivity index (χ1) is 4.63. The van der Waals surface area contributed by atoms with E-state index in [0.29, 0.717) is 5.57 Å². The van der Waals surface area contributed by atoms with Crippen molar-refractivity contribution < 1.29 is 14.3 Å². The van der Waals surface area contributed by atoms with Crippen molar-refractivity contribution in [1.82, 2.24) is 0 Å². The van der Waals surface area contributed by atoms with Crippen LogP contribution < -0.4 is 0 Å². The van der Waals surface area contributed by atoms with Crippen LogP contribution in [-0.2, 0) is 14.3 Å². The van der Waals surface area contributed by atoms with Crippen LogP contribution in [0.2, 0.25) is 0 Å². The van der Waals surface area contributed by atoms with E-state index in [0.717, 1.165) is 0 Å². The minimum atomic E-state index is -0.639. The van der Waals surface area contributed by atoms with Crippen molar-refractivity contribution in [3.8, 4) is 0 Å². The topological polar surface area (TPSA) is 43.4 Å². The van der Waals surface area contributed by atoms with Gasteiger partial charge in [-0.25, -0.2) is 0 Å². The largest absolute Gasteiger partial charge is 0.434 e. The molecule has 0 bridgehead atoms. The smallest absolute Gasteiger partial charge is 0.325 e. The summed E-state index contributed by atoms with van der Waals surface area (Å²) in [5.41, 5.74) is 0.692. The Morgan fingerprint density at radius 2 is 2.30 bits per heavy atom. The number of hydrogen-bond donors (Lipinski definition) is 0. The van der Waals surface area contributed by atoms with Gasteiger partial charge in [-0.05, 0) is 19.4 Å². The molecule has 0 aromatic carbocycles. The van der Waals surface area contributed by atoms with Gasteiger partial charge in [0.1, 0.15) is 11.7 Å². The SMILES string of the molecule is CC(=O)[C@H]1C(=O)OC=C1C. The molecule has 1 heterocycles. The second kappa shape index (κ2) is 2.25. The second-order valence-corrected chi connectivity index (χ2v) is 2.34. The van der Waals surface area contributed by atoms with Crippen LogP contribution in [0.5, 0.6) is 0 Å². The quantitative estimate of drug-likeness (QED) is 0.396. The number of hydrogen-bond acceptors (Lipinski definition) is 3. The van der Waals surface area contributed by atoms with Crippen LogP contribution in [0.1, 0.15) is 13.8 Å². The molecule has 1 rings (SSSR count). The molecule has 0 aromatic heterocycles. The number of carbonyl (C=O) groups is 2. The summed E-state index contributed by atoms with van der Waals surface area (Å²) in [6.45, 7) is 3.09. The van der Waals surface area contributed by atoms with Crippen LogP contribution in [0.15, 0.2) is 11.8 Å². The summed E-state index contributed by atoms with van der Waals surface area (Å²) in [5, 5.41) is 0. The predicted octanol–water partition coefficient (Wildman–Crippen LogP) is 0.652. The zero-order valence-corrected chi connectivity index (χ0v) is 5.88. The summed E-state index contributed by atoms with van der Waals surface area (Å²) in [7, 11) is 0. The average Bonchev–Trinajstić information content (AvgIpc) is 2.11. The highest BCUT2D eigenvalue weighted by Crippen LogP contribution is 2.19. The third-order valence-corrected chi connectivity index (χ3v) is 1.46. The van der Waals surface area contributed by atoms with Gasteiger partial charge in [-0.1, -0.05) is 0 Å². The lowest BCUT2D eigenvalue weighted by Gasteiger charge is -2.00. The molecule has 10 heavy (non-hydrogen) atoms. The Bertz CT molecular complexity index is 215. The van der Waals surface area contributed by atoms with E-state index in [1.54, 1.807) is 6.92 Å². The average molecular weight is 140 g/mol. The third-order valence-electron chi connectivity index (χ3n) is 1.46. The molecule has 0 saturated heterocycles. The summed E-state index contributed by atoms with van der Waals surface area (Å²) < 4.78 is 4.52. The summed E-state index contributed by atoms with van der Waals surface area (Å²) in [6.07, 6.45) is 1.33. The van der Waals surface area contributed by atoms with Gasteiger partial charge >= 0.3 is 5.97 Å². The molecule has 0 saturated carbocycles. The number of ether oxygens (including phenoxy) is 1. The highest BCUT2D eigenvalue weighted by atomic mass is 16.5. The molecule has 1 aliphatic rings. The third kappa shape index (κ3) is 0.943. The van der Waals surface area contributed by atoms with Gasteiger partial charge in [0, 0.05) is 0 Å². The Morgan fingerprint density at radius 1 is 1.70 bits per heavy atom. The molecule has 0 aliphatic carbocycles. The molecule has 0 radical (unpaired) electrons. The molecule has 1 atom stereocenters. The number of esters is 1. The Morgan fingerprint density at radius 3 is 2.50 bits per heavy atom. The van der Waals surface area contributed by atoms with Crippen LogP contribution in [-0.4, -0.2) is 11.8 Å². The van der Waals surface area contributed by atoms with Crippen LogP contribution in [0.25, 0.3) is 0 Å². The molecule has 0 unspecified atom stereocenters. The van der Waals surface area contributed by atoms with Gasteiger partial charge in [0.15, 0.2) is 0 Å². The molecule has 3 heteroatoms. The zero-order valence-electron chi connectivity index (χ0n) is 5.88. The van der Waals surface area contributed by atoms with Crippen molar-refractivity contribution in [2.24, 2.45) is 5.92 Å². The summed E-state index contributed by atoms with van der Waals surface area (Å²) in [6, 6.07) is 0. The molecular formula is C7H8O3. The highest BCUT2D eigenvalue weighted by Gasteiger charge is 2.31. The van der Waals surface area contributed by atoms with Gasteiger partial charge in [-0.3, -0.25) is 9.59 Å². The fourth-order valence-corrected chi connectivity index (χ4v) is 0.960. The monoisotopic (exact) mass is 140 g/mol. The van der Waals surface area contributed by atoms with Crippen LogP contribution in [0, 0.1) is 5.92 Å². The number of ketones is 1. The molecule has 54 valence electrons. The lowest BCUT2D eigenvalue weighted by Crippen LogP contribution is -2.18. The molecule has 1 aliphatic heterocycles. The maximum Gasteiger partial charge on any atom is 0.325 e. The summed E-state index contributed by atoms with van der Waals surface area (Å²) >= 11 is 0. The Labute approximate surface area is 58.7 Å². The van der Waals surface area contributed by atoms with E-state index in [4.69, 9.17) is 0 Å². The zero-order chi connectivity index (χ0) is 7.72. The maximum atomic E-state index is 10.7. The Balaban J connectivity index is 2.84. The first kappa shape index (κ1) is 6.99. The van der Waals surface area contributed by atoms with E-state index in [1.165, 1.54) is 13.2 Å². The van der Waals surface area contributed by atoms with E-state index in [-0.39, 0.29) is 5.78 Å². The van der Waals surface area contributed by atoms with Crippen molar-refractivity contribution in [2.75, 3.05) is 0 Å². The summed E-state index contributed by atoms with van der Waals surface area (Å²) in [5.74, 6) is -1.25. The van der Waals surface area contributed by atoms with Crippen LogP contribution in [0.3, 0.4) is 0 Å². The predicted molar refractivity (Wildman–Crippen MR) is 34.0 cm³/mol. The van der Waals surface area contributed by atoms with Crippen LogP contribution >= 0.6 is 0 Å². The van der Waals surface area contributed by atoms with Gasteiger partial charge in [0.25, 0.3) is 0 Å². The van der Waals surface area contributed by atoms with Gasteiger partial charge in [-0.2, -0.15) is 0 Å². The normalized spacial score (nSPS) is 24.0. The van der Waals surface area contributed by atoms with Crippen molar-refractivity contribution in [1.29, 1.82) is 0 Å². The standard InChI is InChI=1S/C7H8O3/c1-4-3-10-7(9)6(4)5(2)8/h3,6H,1-2H3/t6-/m0/s1. The first-order valence-corrected chi connectivity index (χ1v) is 3.00. The van der Waals surface area contributed by atoms with E-state index < -0.39 is 11.9 Å². The molecule has 0 fully saturated rings. The Hall–Kier alpha value is -1.12. The minimum Gasteiger partial charge on any atom is -0.434 e. The van der Waals surface area contributed by atoms with Gasteiger partial charge in [0.2, 0.25) is 0 Å². The first-order valence-electron chi connectivity index (χ1n) is 3.00. The molecule has 0 N–H and O–H groups in total. The van der Waals surface area contributed by atoms with E-state index in [1.807, 2.05) is 0 Å². The number of carbonyl (C=O) groups excluding carboxylic acids is 2. The van der Waals surface area contributed by atoms with Crippen molar-refractivity contribution in [3.05, 3.63) is 11.8 Å².